The summed E-state index contributed by atoms with van der Waals surface area (Å²) >= 11 is 0. The molecule has 1 aliphatic rings. The highest BCUT2D eigenvalue weighted by Crippen LogP contribution is 2.36. The molecule has 4 N–H and O–H groups in total. The maximum atomic E-state index is 12.9. The number of ether oxygens (including phenoxy) is 1. The van der Waals surface area contributed by atoms with Gasteiger partial charge in [-0.3, -0.25) is 10.6 Å². The van der Waals surface area contributed by atoms with Crippen molar-refractivity contribution in [3.8, 4) is 0 Å². The van der Waals surface area contributed by atoms with Gasteiger partial charge in [-0.25, -0.2) is 0 Å². The van der Waals surface area contributed by atoms with Gasteiger partial charge in [0.2, 0.25) is 0 Å². The summed E-state index contributed by atoms with van der Waals surface area (Å²) in [5, 5.41) is 2.67. The van der Waals surface area contributed by atoms with Gasteiger partial charge >= 0.3 is 6.18 Å². The highest BCUT2D eigenvalue weighted by atomic mass is 19.4. The lowest BCUT2D eigenvalue weighted by Crippen LogP contribution is -2.47. The lowest BCUT2D eigenvalue weighted by molar-refractivity contribution is -0.137. The van der Waals surface area contributed by atoms with Crippen LogP contribution in [0.15, 0.2) is 18.2 Å². The van der Waals surface area contributed by atoms with Crippen LogP contribution in [0.1, 0.15) is 28.8 Å². The zero-order chi connectivity index (χ0) is 15.6. The first kappa shape index (κ1) is 15.6. The molecule has 5 nitrogen and oxygen atoms in total. The van der Waals surface area contributed by atoms with Crippen molar-refractivity contribution in [2.24, 2.45) is 5.84 Å². The van der Waals surface area contributed by atoms with Crippen LogP contribution in [0.25, 0.3) is 0 Å². The van der Waals surface area contributed by atoms with Crippen molar-refractivity contribution in [3.05, 3.63) is 29.3 Å². The van der Waals surface area contributed by atoms with Crippen LogP contribution in [0.3, 0.4) is 0 Å². The van der Waals surface area contributed by atoms with E-state index < -0.39 is 23.3 Å². The van der Waals surface area contributed by atoms with Crippen LogP contribution in [-0.2, 0) is 10.9 Å². The Morgan fingerprint density at radius 3 is 2.57 bits per heavy atom. The monoisotopic (exact) mass is 303 g/mol. The highest BCUT2D eigenvalue weighted by molar-refractivity contribution is 6.00. The highest BCUT2D eigenvalue weighted by Gasteiger charge is 2.36. The Morgan fingerprint density at radius 1 is 1.38 bits per heavy atom. The molecule has 1 aliphatic carbocycles. The number of nitrogens with two attached hydrogens (primary N) is 1. The molecule has 1 amide bonds. The van der Waals surface area contributed by atoms with E-state index in [0.717, 1.165) is 6.07 Å². The molecule has 1 aromatic rings. The Morgan fingerprint density at radius 2 is 2.05 bits per heavy atom. The first-order valence-corrected chi connectivity index (χ1v) is 6.37. The van der Waals surface area contributed by atoms with E-state index in [4.69, 9.17) is 10.6 Å². The number of carbonyl (C=O) groups is 1. The fourth-order valence-corrected chi connectivity index (χ4v) is 2.27. The van der Waals surface area contributed by atoms with Crippen molar-refractivity contribution >= 4 is 11.6 Å². The Hall–Kier alpha value is -1.80. The third-order valence-corrected chi connectivity index (χ3v) is 3.52. The number of rotatable bonds is 4. The molecule has 0 heterocycles. The van der Waals surface area contributed by atoms with Crippen LogP contribution < -0.4 is 16.6 Å². The second kappa shape index (κ2) is 5.90. The lowest BCUT2D eigenvalue weighted by atomic mass is 9.89. The summed E-state index contributed by atoms with van der Waals surface area (Å²) in [7, 11) is 1.58. The van der Waals surface area contributed by atoms with Gasteiger partial charge in [-0.15, -0.1) is 0 Å². The Kier molecular flexibility index (Phi) is 4.38. The van der Waals surface area contributed by atoms with E-state index in [0.29, 0.717) is 12.8 Å². The molecule has 0 aromatic heterocycles. The number of hydrogen-bond acceptors (Lipinski definition) is 4. The summed E-state index contributed by atoms with van der Waals surface area (Å²) in [5.41, 5.74) is 0.447. The number of alkyl halides is 3. The predicted molar refractivity (Wildman–Crippen MR) is 70.5 cm³/mol. The van der Waals surface area contributed by atoms with Crippen molar-refractivity contribution < 1.29 is 22.7 Å². The van der Waals surface area contributed by atoms with Crippen molar-refractivity contribution in [2.75, 3.05) is 12.5 Å². The molecule has 21 heavy (non-hydrogen) atoms. The van der Waals surface area contributed by atoms with Gasteiger partial charge in [0.05, 0.1) is 22.9 Å². The second-order valence-electron chi connectivity index (χ2n) is 4.87. The number of amides is 1. The number of methoxy groups -OCH3 is 1. The van der Waals surface area contributed by atoms with Crippen LogP contribution in [0.4, 0.5) is 18.9 Å². The molecule has 0 saturated heterocycles. The van der Waals surface area contributed by atoms with Gasteiger partial charge in [-0.2, -0.15) is 13.2 Å². The lowest BCUT2D eigenvalue weighted by Gasteiger charge is -2.34. The Bertz CT molecular complexity index is 528. The van der Waals surface area contributed by atoms with E-state index in [1.165, 1.54) is 12.1 Å². The maximum Gasteiger partial charge on any atom is 0.418 e. The minimum Gasteiger partial charge on any atom is -0.381 e. The van der Waals surface area contributed by atoms with E-state index in [9.17, 15) is 18.0 Å². The molecule has 0 bridgehead atoms. The number of hydrazine groups is 1. The third-order valence-electron chi connectivity index (χ3n) is 3.52. The summed E-state index contributed by atoms with van der Waals surface area (Å²) in [4.78, 5) is 12.1. The van der Waals surface area contributed by atoms with Crippen molar-refractivity contribution in [1.82, 2.24) is 5.32 Å². The molecule has 1 fully saturated rings. The summed E-state index contributed by atoms with van der Waals surface area (Å²) in [5.74, 6) is 4.57. The van der Waals surface area contributed by atoms with Gasteiger partial charge in [0.15, 0.2) is 0 Å². The minimum absolute atomic E-state index is 0.0870. The number of para-hydroxylation sites is 1. The van der Waals surface area contributed by atoms with E-state index in [-0.39, 0.29) is 17.7 Å². The van der Waals surface area contributed by atoms with Crippen LogP contribution in [0.5, 0.6) is 0 Å². The second-order valence-corrected chi connectivity index (χ2v) is 4.87. The van der Waals surface area contributed by atoms with Crippen LogP contribution in [0.2, 0.25) is 0 Å². The number of carbonyl (C=O) groups excluding carboxylic acids is 1. The molecular weight excluding hydrogens is 287 g/mol. The Labute approximate surface area is 119 Å². The van der Waals surface area contributed by atoms with Crippen LogP contribution in [-0.4, -0.2) is 25.2 Å². The summed E-state index contributed by atoms with van der Waals surface area (Å²) in [6.07, 6.45) is -3.21. The molecule has 8 heteroatoms. The van der Waals surface area contributed by atoms with Crippen molar-refractivity contribution in [3.63, 3.8) is 0 Å². The molecule has 2 rings (SSSR count). The van der Waals surface area contributed by atoms with E-state index in [1.54, 1.807) is 7.11 Å². The average Bonchev–Trinajstić information content (AvgIpc) is 2.40. The van der Waals surface area contributed by atoms with Gasteiger partial charge in [-0.05, 0) is 25.0 Å². The van der Waals surface area contributed by atoms with Gasteiger partial charge in [0.1, 0.15) is 0 Å². The zero-order valence-electron chi connectivity index (χ0n) is 11.3. The number of hydrogen-bond donors (Lipinski definition) is 3. The third kappa shape index (κ3) is 3.27. The summed E-state index contributed by atoms with van der Waals surface area (Å²) in [6, 6.07) is 3.25. The smallest absolute Gasteiger partial charge is 0.381 e. The Balaban J connectivity index is 2.17. The first-order valence-electron chi connectivity index (χ1n) is 6.37. The fraction of sp³-hybridized carbons (Fsp3) is 0.462. The fourth-order valence-electron chi connectivity index (χ4n) is 2.27. The molecule has 0 aliphatic heterocycles. The van der Waals surface area contributed by atoms with Gasteiger partial charge in [0, 0.05) is 13.2 Å². The average molecular weight is 303 g/mol. The van der Waals surface area contributed by atoms with Gasteiger partial charge < -0.3 is 15.5 Å². The number of nitrogen functional groups attached to an aromatic ring is 1. The number of nitrogens with one attached hydrogen (secondary N) is 2. The topological polar surface area (TPSA) is 76.4 Å². The minimum atomic E-state index is -4.59. The number of anilines is 1. The normalized spacial score (nSPS) is 21.6. The number of benzene rings is 1. The molecule has 0 radical (unpaired) electrons. The molecular formula is C13H16F3N3O2. The zero-order valence-corrected chi connectivity index (χ0v) is 11.3. The predicted octanol–water partition coefficient (Wildman–Crippen LogP) is 1.90. The van der Waals surface area contributed by atoms with E-state index in [2.05, 4.69) is 5.32 Å². The maximum absolute atomic E-state index is 12.9. The van der Waals surface area contributed by atoms with E-state index in [1.807, 2.05) is 5.43 Å². The SMILES string of the molecule is COC1CC(NC(=O)c2cccc(C(F)(F)F)c2NN)C1. The van der Waals surface area contributed by atoms with Crippen molar-refractivity contribution in [1.29, 1.82) is 0 Å². The first-order chi connectivity index (χ1) is 9.86. The van der Waals surface area contributed by atoms with Crippen molar-refractivity contribution in [2.45, 2.75) is 31.2 Å². The molecule has 0 unspecified atom stereocenters. The van der Waals surface area contributed by atoms with Crippen LogP contribution in [0, 0.1) is 0 Å². The van der Waals surface area contributed by atoms with Gasteiger partial charge in [0.25, 0.3) is 5.91 Å². The summed E-state index contributed by atoms with van der Waals surface area (Å²) < 4.78 is 43.7. The molecule has 116 valence electrons. The summed E-state index contributed by atoms with van der Waals surface area (Å²) in [6.45, 7) is 0. The largest absolute Gasteiger partial charge is 0.418 e. The standard InChI is InChI=1S/C13H16F3N3O2/c1-21-8-5-7(6-8)18-12(20)9-3-2-4-10(11(9)19-17)13(14,15)16/h2-4,7-8,19H,5-6,17H2,1H3,(H,18,20). The molecule has 1 saturated carbocycles. The molecule has 1 aromatic carbocycles. The molecule has 0 spiro atoms. The van der Waals surface area contributed by atoms with E-state index >= 15 is 0 Å². The number of halogens is 3. The van der Waals surface area contributed by atoms with Gasteiger partial charge in [-0.1, -0.05) is 6.07 Å². The quantitative estimate of drug-likeness (QED) is 0.586. The van der Waals surface area contributed by atoms with Crippen LogP contribution >= 0.6 is 0 Å². The molecule has 0 atom stereocenters.